The number of hydrogen-bond donors (Lipinski definition) is 0. The van der Waals surface area contributed by atoms with Crippen molar-refractivity contribution >= 4 is 15.4 Å². The molecule has 0 fully saturated rings. The van der Waals surface area contributed by atoms with Crippen molar-refractivity contribution in [3.8, 4) is 17.2 Å². The molecule has 39 heavy (non-hydrogen) atoms. The monoisotopic (exact) mass is 551 g/mol. The molecule has 0 saturated heterocycles. The molecule has 8 nitrogen and oxygen atoms in total. The number of ether oxygens (including phenoxy) is 3. The number of hydrogen-bond acceptors (Lipinski definition) is 7. The molecule has 4 rings (SSSR count). The van der Waals surface area contributed by atoms with E-state index in [0.717, 1.165) is 24.9 Å². The zero-order valence-corrected chi connectivity index (χ0v) is 24.2. The SMILES string of the molecule is CCC(Oc1ccc(S(=O)(=O)c2c(C(C)C)nn3ccccc23)cc1)N(C)CCc1ccc(OC)c(OC)c1. The minimum atomic E-state index is -3.78. The van der Waals surface area contributed by atoms with Crippen LogP contribution in [0.3, 0.4) is 0 Å². The van der Waals surface area contributed by atoms with E-state index in [2.05, 4.69) is 16.9 Å². The average Bonchev–Trinajstić information content (AvgIpc) is 3.36. The Morgan fingerprint density at radius 1 is 0.974 bits per heavy atom. The Labute approximate surface area is 231 Å². The Balaban J connectivity index is 1.48. The number of pyridine rings is 1. The van der Waals surface area contributed by atoms with Gasteiger partial charge in [-0.15, -0.1) is 0 Å². The number of fused-ring (bicyclic) bond motifs is 1. The van der Waals surface area contributed by atoms with Crippen LogP contribution in [0, 0.1) is 0 Å². The van der Waals surface area contributed by atoms with Crippen LogP contribution in [0.15, 0.2) is 76.7 Å². The minimum Gasteiger partial charge on any atom is -0.493 e. The van der Waals surface area contributed by atoms with E-state index in [-0.39, 0.29) is 21.9 Å². The van der Waals surface area contributed by atoms with Gasteiger partial charge in [0.15, 0.2) is 17.7 Å². The number of nitrogens with zero attached hydrogens (tertiary/aromatic N) is 3. The molecule has 2 aromatic carbocycles. The number of methoxy groups -OCH3 is 2. The van der Waals surface area contributed by atoms with Gasteiger partial charge in [0.25, 0.3) is 0 Å². The van der Waals surface area contributed by atoms with Crippen LogP contribution in [0.5, 0.6) is 17.2 Å². The summed E-state index contributed by atoms with van der Waals surface area (Å²) in [5.74, 6) is 1.98. The average molecular weight is 552 g/mol. The third-order valence-electron chi connectivity index (χ3n) is 6.78. The summed E-state index contributed by atoms with van der Waals surface area (Å²) in [6, 6.07) is 18.0. The van der Waals surface area contributed by atoms with E-state index in [1.165, 1.54) is 0 Å². The van der Waals surface area contributed by atoms with Crippen LogP contribution in [0.2, 0.25) is 0 Å². The number of likely N-dealkylation sites (N-methyl/N-ethyl adjacent to an activating group) is 1. The number of rotatable bonds is 12. The second-order valence-electron chi connectivity index (χ2n) is 9.78. The molecule has 0 bridgehead atoms. The number of aromatic nitrogens is 2. The first-order chi connectivity index (χ1) is 18.7. The first-order valence-corrected chi connectivity index (χ1v) is 14.6. The maximum Gasteiger partial charge on any atom is 0.210 e. The quantitative estimate of drug-likeness (QED) is 0.212. The summed E-state index contributed by atoms with van der Waals surface area (Å²) in [6.45, 7) is 6.73. The number of sulfone groups is 1. The first-order valence-electron chi connectivity index (χ1n) is 13.1. The third-order valence-corrected chi connectivity index (χ3v) is 8.63. The summed E-state index contributed by atoms with van der Waals surface area (Å²) < 4.78 is 46.1. The van der Waals surface area contributed by atoms with Crippen molar-refractivity contribution in [1.29, 1.82) is 0 Å². The summed E-state index contributed by atoms with van der Waals surface area (Å²) in [5, 5.41) is 4.54. The molecule has 0 aliphatic heterocycles. The molecule has 208 valence electrons. The smallest absolute Gasteiger partial charge is 0.210 e. The first kappa shape index (κ1) is 28.4. The lowest BCUT2D eigenvalue weighted by molar-refractivity contribution is 0.0427. The van der Waals surface area contributed by atoms with Crippen LogP contribution in [0.1, 0.15) is 44.4 Å². The van der Waals surface area contributed by atoms with Gasteiger partial charge in [0, 0.05) is 12.7 Å². The lowest BCUT2D eigenvalue weighted by Gasteiger charge is -2.28. The van der Waals surface area contributed by atoms with Gasteiger partial charge in [0.2, 0.25) is 9.84 Å². The van der Waals surface area contributed by atoms with Crippen molar-refractivity contribution < 1.29 is 22.6 Å². The van der Waals surface area contributed by atoms with Crippen LogP contribution >= 0.6 is 0 Å². The molecular weight excluding hydrogens is 514 g/mol. The van der Waals surface area contributed by atoms with Crippen molar-refractivity contribution in [2.45, 2.75) is 55.5 Å². The van der Waals surface area contributed by atoms with E-state index in [1.807, 2.05) is 51.2 Å². The van der Waals surface area contributed by atoms with Crippen molar-refractivity contribution in [3.63, 3.8) is 0 Å². The highest BCUT2D eigenvalue weighted by atomic mass is 32.2. The summed E-state index contributed by atoms with van der Waals surface area (Å²) in [4.78, 5) is 2.62. The largest absolute Gasteiger partial charge is 0.493 e. The Kier molecular flexibility index (Phi) is 8.82. The van der Waals surface area contributed by atoms with Gasteiger partial charge < -0.3 is 14.2 Å². The molecule has 0 aliphatic rings. The molecule has 0 amide bonds. The molecule has 0 radical (unpaired) electrons. The highest BCUT2D eigenvalue weighted by Gasteiger charge is 2.28. The second kappa shape index (κ2) is 12.1. The molecule has 0 spiro atoms. The summed E-state index contributed by atoms with van der Waals surface area (Å²) in [7, 11) is 1.49. The molecular formula is C30H37N3O5S. The predicted molar refractivity (Wildman–Crippen MR) is 152 cm³/mol. The van der Waals surface area contributed by atoms with Crippen LogP contribution < -0.4 is 14.2 Å². The molecule has 1 atom stereocenters. The normalized spacial score (nSPS) is 12.7. The zero-order chi connectivity index (χ0) is 28.2. The third kappa shape index (κ3) is 6.04. The molecule has 0 N–H and O–H groups in total. The van der Waals surface area contributed by atoms with Crippen LogP contribution in [0.25, 0.3) is 5.52 Å². The minimum absolute atomic E-state index is 0.0443. The molecule has 0 aliphatic carbocycles. The lowest BCUT2D eigenvalue weighted by atomic mass is 10.1. The Hall–Kier alpha value is -3.56. The molecule has 2 heterocycles. The van der Waals surface area contributed by atoms with E-state index in [4.69, 9.17) is 14.2 Å². The molecule has 4 aromatic rings. The second-order valence-corrected chi connectivity index (χ2v) is 11.7. The molecule has 0 saturated carbocycles. The maximum absolute atomic E-state index is 13.7. The van der Waals surface area contributed by atoms with E-state index < -0.39 is 9.84 Å². The van der Waals surface area contributed by atoms with Gasteiger partial charge in [-0.2, -0.15) is 5.10 Å². The van der Waals surface area contributed by atoms with Gasteiger partial charge in [-0.1, -0.05) is 32.9 Å². The van der Waals surface area contributed by atoms with Gasteiger partial charge in [-0.05, 0) is 79.9 Å². The van der Waals surface area contributed by atoms with E-state index in [0.29, 0.717) is 28.5 Å². The van der Waals surface area contributed by atoms with Crippen molar-refractivity contribution in [1.82, 2.24) is 14.5 Å². The molecule has 9 heteroatoms. The van der Waals surface area contributed by atoms with E-state index >= 15 is 0 Å². The zero-order valence-electron chi connectivity index (χ0n) is 23.4. The summed E-state index contributed by atoms with van der Waals surface area (Å²) in [5.41, 5.74) is 2.27. The number of benzene rings is 2. The summed E-state index contributed by atoms with van der Waals surface area (Å²) >= 11 is 0. The van der Waals surface area contributed by atoms with E-state index in [9.17, 15) is 8.42 Å². The van der Waals surface area contributed by atoms with Gasteiger partial charge in [0.05, 0.1) is 30.3 Å². The topological polar surface area (TPSA) is 82.4 Å². The summed E-state index contributed by atoms with van der Waals surface area (Å²) in [6.07, 6.45) is 3.18. The van der Waals surface area contributed by atoms with Gasteiger partial charge in [-0.25, -0.2) is 12.9 Å². The Morgan fingerprint density at radius 3 is 2.33 bits per heavy atom. The maximum atomic E-state index is 13.7. The van der Waals surface area contributed by atoms with Crippen LogP contribution in [0.4, 0.5) is 0 Å². The highest BCUT2D eigenvalue weighted by molar-refractivity contribution is 7.91. The van der Waals surface area contributed by atoms with E-state index in [1.54, 1.807) is 55.3 Å². The fraction of sp³-hybridized carbons (Fsp3) is 0.367. The van der Waals surface area contributed by atoms with Crippen molar-refractivity contribution in [2.24, 2.45) is 0 Å². The van der Waals surface area contributed by atoms with Gasteiger partial charge in [0.1, 0.15) is 10.6 Å². The predicted octanol–water partition coefficient (Wildman–Crippen LogP) is 5.60. The van der Waals surface area contributed by atoms with Crippen LogP contribution in [-0.4, -0.2) is 57.0 Å². The fourth-order valence-electron chi connectivity index (χ4n) is 4.59. The fourth-order valence-corrected chi connectivity index (χ4v) is 6.31. The highest BCUT2D eigenvalue weighted by Crippen LogP contribution is 2.33. The van der Waals surface area contributed by atoms with Crippen LogP contribution in [-0.2, 0) is 16.3 Å². The van der Waals surface area contributed by atoms with Gasteiger partial charge >= 0.3 is 0 Å². The Morgan fingerprint density at radius 2 is 1.69 bits per heavy atom. The molecule has 1 unspecified atom stereocenters. The Bertz CT molecular complexity index is 1510. The standard InChI is InChI=1S/C30H37N3O5S/c1-7-28(32(4)19-17-22-11-16-26(36-5)27(20-22)37-6)38-23-12-14-24(15-13-23)39(34,35)30-25-10-8-9-18-33(25)31-29(30)21(2)3/h8-16,18,20-21,28H,7,17,19H2,1-6H3. The lowest BCUT2D eigenvalue weighted by Crippen LogP contribution is -2.37. The van der Waals surface area contributed by atoms with Crippen molar-refractivity contribution in [2.75, 3.05) is 27.8 Å². The molecule has 2 aromatic heterocycles. The van der Waals surface area contributed by atoms with Gasteiger partial charge in [-0.3, -0.25) is 4.90 Å². The van der Waals surface area contributed by atoms with Crippen molar-refractivity contribution in [3.05, 3.63) is 78.1 Å².